The van der Waals surface area contributed by atoms with Gasteiger partial charge >= 0.3 is 0 Å². The van der Waals surface area contributed by atoms with E-state index in [1.807, 2.05) is 35.3 Å². The third kappa shape index (κ3) is 6.38. The van der Waals surface area contributed by atoms with Crippen LogP contribution < -0.4 is 20.1 Å². The Morgan fingerprint density at radius 1 is 1.07 bits per heavy atom. The highest BCUT2D eigenvalue weighted by molar-refractivity contribution is 14.0. The molecule has 0 aliphatic carbocycles. The minimum absolute atomic E-state index is 0. The Hall–Kier alpha value is -2.75. The summed E-state index contributed by atoms with van der Waals surface area (Å²) in [5.41, 5.74) is 3.26. The number of benzene rings is 2. The lowest BCUT2D eigenvalue weighted by Crippen LogP contribution is -2.30. The molecule has 0 amide bonds. The van der Waals surface area contributed by atoms with Gasteiger partial charge in [-0.15, -0.1) is 24.0 Å². The van der Waals surface area contributed by atoms with Crippen LogP contribution in [0.5, 0.6) is 11.5 Å². The van der Waals surface area contributed by atoms with E-state index >= 15 is 0 Å². The summed E-state index contributed by atoms with van der Waals surface area (Å²) in [6.07, 6.45) is 5.56. The van der Waals surface area contributed by atoms with Crippen molar-refractivity contribution < 1.29 is 9.47 Å². The first kappa shape index (κ1) is 22.5. The standard InChI is InChI=1S/C21H25N5O2.HI/c1-22-21(25-18-7-8-19(27-2)20(12-18)28-3)24-13-16-5-4-6-17(11-16)14-26-10-9-23-15-26;/h4-12,15H,13-14H2,1-3H3,(H2,22,24,25);1H. The zero-order valence-electron chi connectivity index (χ0n) is 16.8. The van der Waals surface area contributed by atoms with E-state index in [0.29, 0.717) is 24.0 Å². The molecule has 0 saturated carbocycles. The highest BCUT2D eigenvalue weighted by Crippen LogP contribution is 2.29. The Morgan fingerprint density at radius 3 is 2.55 bits per heavy atom. The fourth-order valence-corrected chi connectivity index (χ4v) is 2.84. The molecule has 0 aliphatic rings. The summed E-state index contributed by atoms with van der Waals surface area (Å²) in [5, 5.41) is 6.60. The van der Waals surface area contributed by atoms with Gasteiger partial charge in [-0.05, 0) is 23.3 Å². The van der Waals surface area contributed by atoms with Gasteiger partial charge in [0.05, 0.1) is 20.5 Å². The van der Waals surface area contributed by atoms with E-state index in [4.69, 9.17) is 9.47 Å². The Labute approximate surface area is 188 Å². The van der Waals surface area contributed by atoms with Crippen LogP contribution in [-0.2, 0) is 13.1 Å². The van der Waals surface area contributed by atoms with E-state index in [9.17, 15) is 0 Å². The number of methoxy groups -OCH3 is 2. The van der Waals surface area contributed by atoms with Gasteiger partial charge in [-0.25, -0.2) is 4.98 Å². The lowest BCUT2D eigenvalue weighted by atomic mass is 10.1. The monoisotopic (exact) mass is 507 g/mol. The normalized spacial score (nSPS) is 10.8. The second-order valence-corrected chi connectivity index (χ2v) is 6.18. The lowest BCUT2D eigenvalue weighted by Gasteiger charge is -2.14. The number of nitrogens with zero attached hydrogens (tertiary/aromatic N) is 3. The van der Waals surface area contributed by atoms with Crippen molar-refractivity contribution in [2.24, 2.45) is 4.99 Å². The molecule has 0 unspecified atom stereocenters. The number of aromatic nitrogens is 2. The molecule has 1 aromatic heterocycles. The molecular formula is C21H26IN5O2. The van der Waals surface area contributed by atoms with Crippen LogP contribution in [0.15, 0.2) is 66.2 Å². The number of hydrogen-bond acceptors (Lipinski definition) is 4. The molecule has 3 rings (SSSR count). The van der Waals surface area contributed by atoms with Crippen LogP contribution in [0.2, 0.25) is 0 Å². The molecule has 0 bridgehead atoms. The van der Waals surface area contributed by atoms with Gasteiger partial charge in [0.15, 0.2) is 17.5 Å². The van der Waals surface area contributed by atoms with Crippen molar-refractivity contribution >= 4 is 35.6 Å². The van der Waals surface area contributed by atoms with Gasteiger partial charge in [-0.1, -0.05) is 24.3 Å². The minimum Gasteiger partial charge on any atom is -0.493 e. The van der Waals surface area contributed by atoms with Gasteiger partial charge in [0.2, 0.25) is 0 Å². The number of anilines is 1. The van der Waals surface area contributed by atoms with Crippen LogP contribution in [0.3, 0.4) is 0 Å². The van der Waals surface area contributed by atoms with Crippen molar-refractivity contribution in [2.75, 3.05) is 26.6 Å². The Kier molecular flexibility index (Phi) is 8.78. The van der Waals surface area contributed by atoms with Crippen LogP contribution in [0.1, 0.15) is 11.1 Å². The predicted molar refractivity (Wildman–Crippen MR) is 127 cm³/mol. The molecule has 29 heavy (non-hydrogen) atoms. The van der Waals surface area contributed by atoms with Gasteiger partial charge in [-0.3, -0.25) is 4.99 Å². The van der Waals surface area contributed by atoms with Gasteiger partial charge in [0.25, 0.3) is 0 Å². The first-order chi connectivity index (χ1) is 13.7. The van der Waals surface area contributed by atoms with E-state index < -0.39 is 0 Å². The summed E-state index contributed by atoms with van der Waals surface area (Å²) in [6, 6.07) is 14.1. The lowest BCUT2D eigenvalue weighted by molar-refractivity contribution is 0.355. The van der Waals surface area contributed by atoms with Crippen molar-refractivity contribution in [3.63, 3.8) is 0 Å². The van der Waals surface area contributed by atoms with Crippen molar-refractivity contribution in [1.29, 1.82) is 0 Å². The number of nitrogens with one attached hydrogen (secondary N) is 2. The molecule has 1 heterocycles. The number of hydrogen-bond donors (Lipinski definition) is 2. The Balaban J connectivity index is 0.00000300. The van der Waals surface area contributed by atoms with Crippen LogP contribution >= 0.6 is 24.0 Å². The van der Waals surface area contributed by atoms with Crippen LogP contribution in [0.4, 0.5) is 5.69 Å². The first-order valence-electron chi connectivity index (χ1n) is 8.95. The molecule has 0 atom stereocenters. The average Bonchev–Trinajstić information content (AvgIpc) is 3.24. The molecule has 0 aliphatic heterocycles. The largest absolute Gasteiger partial charge is 0.493 e. The molecule has 3 aromatic rings. The molecule has 8 heteroatoms. The zero-order chi connectivity index (χ0) is 19.8. The fourth-order valence-electron chi connectivity index (χ4n) is 2.84. The molecule has 7 nitrogen and oxygen atoms in total. The second-order valence-electron chi connectivity index (χ2n) is 6.18. The maximum atomic E-state index is 5.35. The SMILES string of the molecule is CN=C(NCc1cccc(Cn2ccnc2)c1)Nc1ccc(OC)c(OC)c1.I. The zero-order valence-corrected chi connectivity index (χ0v) is 19.1. The summed E-state index contributed by atoms with van der Waals surface area (Å²) in [6.45, 7) is 1.46. The van der Waals surface area contributed by atoms with E-state index in [1.165, 1.54) is 11.1 Å². The van der Waals surface area contributed by atoms with E-state index in [1.54, 1.807) is 27.5 Å². The van der Waals surface area contributed by atoms with Gasteiger partial charge in [-0.2, -0.15) is 0 Å². The minimum atomic E-state index is 0. The van der Waals surface area contributed by atoms with Gasteiger partial charge in [0, 0.05) is 44.3 Å². The second kappa shape index (κ2) is 11.3. The number of rotatable bonds is 7. The molecule has 0 fully saturated rings. The van der Waals surface area contributed by atoms with E-state index in [2.05, 4.69) is 44.9 Å². The molecule has 2 N–H and O–H groups in total. The Bertz CT molecular complexity index is 929. The number of aliphatic imine (C=N–C) groups is 1. The fraction of sp³-hybridized carbons (Fsp3) is 0.238. The van der Waals surface area contributed by atoms with Crippen molar-refractivity contribution in [1.82, 2.24) is 14.9 Å². The highest BCUT2D eigenvalue weighted by atomic mass is 127. The summed E-state index contributed by atoms with van der Waals surface area (Å²) in [7, 11) is 4.98. The number of halogens is 1. The number of ether oxygens (including phenoxy) is 2. The van der Waals surface area contributed by atoms with E-state index in [0.717, 1.165) is 12.2 Å². The molecule has 0 spiro atoms. The topological polar surface area (TPSA) is 72.7 Å². The maximum Gasteiger partial charge on any atom is 0.195 e. The van der Waals surface area contributed by atoms with Crippen LogP contribution in [0, 0.1) is 0 Å². The maximum absolute atomic E-state index is 5.35. The van der Waals surface area contributed by atoms with E-state index in [-0.39, 0.29) is 24.0 Å². The van der Waals surface area contributed by atoms with Gasteiger partial charge < -0.3 is 24.7 Å². The third-order valence-electron chi connectivity index (χ3n) is 4.25. The smallest absolute Gasteiger partial charge is 0.195 e. The van der Waals surface area contributed by atoms with Gasteiger partial charge in [0.1, 0.15) is 0 Å². The molecule has 0 saturated heterocycles. The van der Waals surface area contributed by atoms with Crippen LogP contribution in [-0.4, -0.2) is 36.8 Å². The quantitative estimate of drug-likeness (QED) is 0.290. The molecule has 2 aromatic carbocycles. The predicted octanol–water partition coefficient (Wildman–Crippen LogP) is 3.75. The van der Waals surface area contributed by atoms with Crippen molar-refractivity contribution in [2.45, 2.75) is 13.1 Å². The average molecular weight is 507 g/mol. The molecule has 154 valence electrons. The summed E-state index contributed by atoms with van der Waals surface area (Å²) < 4.78 is 12.7. The molecular weight excluding hydrogens is 481 g/mol. The summed E-state index contributed by atoms with van der Waals surface area (Å²) in [4.78, 5) is 8.37. The van der Waals surface area contributed by atoms with Crippen LogP contribution in [0.25, 0.3) is 0 Å². The third-order valence-corrected chi connectivity index (χ3v) is 4.25. The van der Waals surface area contributed by atoms with Crippen molar-refractivity contribution in [3.05, 3.63) is 72.3 Å². The summed E-state index contributed by atoms with van der Waals surface area (Å²) >= 11 is 0. The molecule has 0 radical (unpaired) electrons. The highest BCUT2D eigenvalue weighted by Gasteiger charge is 2.06. The first-order valence-corrected chi connectivity index (χ1v) is 8.95. The Morgan fingerprint density at radius 2 is 1.86 bits per heavy atom. The number of imidazole rings is 1. The number of guanidine groups is 1. The van der Waals surface area contributed by atoms with Crippen molar-refractivity contribution in [3.8, 4) is 11.5 Å². The summed E-state index contributed by atoms with van der Waals surface area (Å²) in [5.74, 6) is 2.02.